The van der Waals surface area contributed by atoms with Crippen molar-refractivity contribution in [2.45, 2.75) is 26.2 Å². The molecule has 1 amide bonds. The number of piperidine rings is 1. The van der Waals surface area contributed by atoms with Crippen LogP contribution in [0, 0.1) is 12.8 Å². The highest BCUT2D eigenvalue weighted by Gasteiger charge is 2.28. The summed E-state index contributed by atoms with van der Waals surface area (Å²) in [6.45, 7) is 2.40. The standard InChI is InChI=1S/C18H20N4O4/c1-11-14(9-15(23)22-8-2-3-13(10-22)18(25)26)17(24)21-16(20-11)12-4-6-19-7-5-12/h4-7,13H,2-3,8-10H2,1H3,(H,25,26)(H,20,21,24). The van der Waals surface area contributed by atoms with E-state index in [1.807, 2.05) is 0 Å². The Hall–Kier alpha value is -3.03. The van der Waals surface area contributed by atoms with E-state index in [-0.39, 0.29) is 24.4 Å². The molecule has 26 heavy (non-hydrogen) atoms. The van der Waals surface area contributed by atoms with Crippen LogP contribution < -0.4 is 5.56 Å². The number of nitrogens with one attached hydrogen (secondary N) is 1. The third kappa shape index (κ3) is 3.79. The van der Waals surface area contributed by atoms with Crippen molar-refractivity contribution in [2.24, 2.45) is 5.92 Å². The predicted molar refractivity (Wildman–Crippen MR) is 93.5 cm³/mol. The lowest BCUT2D eigenvalue weighted by molar-refractivity contribution is -0.145. The molecule has 8 nitrogen and oxygen atoms in total. The van der Waals surface area contributed by atoms with E-state index in [1.165, 1.54) is 4.90 Å². The average molecular weight is 356 g/mol. The first kappa shape index (κ1) is 17.8. The maximum Gasteiger partial charge on any atom is 0.308 e. The fourth-order valence-corrected chi connectivity index (χ4v) is 3.13. The smallest absolute Gasteiger partial charge is 0.308 e. The molecular formula is C18H20N4O4. The summed E-state index contributed by atoms with van der Waals surface area (Å²) >= 11 is 0. The van der Waals surface area contributed by atoms with Gasteiger partial charge in [0.1, 0.15) is 5.82 Å². The van der Waals surface area contributed by atoms with Gasteiger partial charge in [0.25, 0.3) is 5.56 Å². The first-order valence-corrected chi connectivity index (χ1v) is 8.46. The van der Waals surface area contributed by atoms with Crippen LogP contribution in [0.3, 0.4) is 0 Å². The molecule has 8 heteroatoms. The van der Waals surface area contributed by atoms with E-state index in [0.717, 1.165) is 5.56 Å². The van der Waals surface area contributed by atoms with Crippen LogP contribution in [0.2, 0.25) is 0 Å². The van der Waals surface area contributed by atoms with Gasteiger partial charge in [-0.3, -0.25) is 19.4 Å². The molecule has 1 unspecified atom stereocenters. The summed E-state index contributed by atoms with van der Waals surface area (Å²) < 4.78 is 0. The highest BCUT2D eigenvalue weighted by atomic mass is 16.4. The van der Waals surface area contributed by atoms with Crippen molar-refractivity contribution in [3.05, 3.63) is 46.1 Å². The lowest BCUT2D eigenvalue weighted by Gasteiger charge is -2.30. The Morgan fingerprint density at radius 1 is 1.35 bits per heavy atom. The molecule has 0 radical (unpaired) electrons. The Kier molecular flexibility index (Phi) is 5.11. The Balaban J connectivity index is 1.79. The zero-order valence-electron chi connectivity index (χ0n) is 14.4. The van der Waals surface area contributed by atoms with Gasteiger partial charge in [0.05, 0.1) is 12.3 Å². The number of hydrogen-bond donors (Lipinski definition) is 2. The van der Waals surface area contributed by atoms with Crippen LogP contribution in [0.15, 0.2) is 29.3 Å². The minimum absolute atomic E-state index is 0.0862. The molecule has 1 saturated heterocycles. The van der Waals surface area contributed by atoms with Crippen LogP contribution in [0.1, 0.15) is 24.1 Å². The number of aliphatic carboxylic acids is 1. The number of carbonyl (C=O) groups is 2. The maximum atomic E-state index is 12.5. The van der Waals surface area contributed by atoms with Crippen LogP contribution in [-0.4, -0.2) is 49.9 Å². The first-order chi connectivity index (χ1) is 12.5. The number of amides is 1. The summed E-state index contributed by atoms with van der Waals surface area (Å²) in [5.74, 6) is -1.25. The normalized spacial score (nSPS) is 17.1. The van der Waals surface area contributed by atoms with Crippen LogP contribution in [0.5, 0.6) is 0 Å². The van der Waals surface area contributed by atoms with Crippen molar-refractivity contribution in [3.8, 4) is 11.4 Å². The fourth-order valence-electron chi connectivity index (χ4n) is 3.13. The summed E-state index contributed by atoms with van der Waals surface area (Å²) in [4.78, 5) is 48.7. The Labute approximate surface area is 149 Å². The number of carboxylic acid groups (broad SMARTS) is 1. The highest BCUT2D eigenvalue weighted by molar-refractivity contribution is 5.80. The number of aryl methyl sites for hydroxylation is 1. The van der Waals surface area contributed by atoms with E-state index in [9.17, 15) is 14.4 Å². The third-order valence-corrected chi connectivity index (χ3v) is 4.63. The summed E-state index contributed by atoms with van der Waals surface area (Å²) in [7, 11) is 0. The number of likely N-dealkylation sites (tertiary alicyclic amines) is 1. The van der Waals surface area contributed by atoms with Crippen LogP contribution in [0.25, 0.3) is 11.4 Å². The van der Waals surface area contributed by atoms with Gasteiger partial charge in [-0.05, 0) is 31.9 Å². The highest BCUT2D eigenvalue weighted by Crippen LogP contribution is 2.18. The Bertz CT molecular complexity index is 879. The van der Waals surface area contributed by atoms with Gasteiger partial charge in [-0.15, -0.1) is 0 Å². The molecular weight excluding hydrogens is 336 g/mol. The van der Waals surface area contributed by atoms with E-state index in [0.29, 0.717) is 36.5 Å². The van der Waals surface area contributed by atoms with E-state index in [2.05, 4.69) is 15.0 Å². The van der Waals surface area contributed by atoms with Crippen LogP contribution in [0.4, 0.5) is 0 Å². The first-order valence-electron chi connectivity index (χ1n) is 8.46. The van der Waals surface area contributed by atoms with Crippen molar-refractivity contribution >= 4 is 11.9 Å². The number of nitrogens with zero attached hydrogens (tertiary/aromatic N) is 3. The van der Waals surface area contributed by atoms with Crippen molar-refractivity contribution in [2.75, 3.05) is 13.1 Å². The SMILES string of the molecule is Cc1nc(-c2ccncc2)[nH]c(=O)c1CC(=O)N1CCCC(C(=O)O)C1. The molecule has 1 fully saturated rings. The molecule has 0 bridgehead atoms. The molecule has 2 aromatic rings. The number of carbonyl (C=O) groups excluding carboxylic acids is 1. The van der Waals surface area contributed by atoms with Gasteiger partial charge >= 0.3 is 5.97 Å². The summed E-state index contributed by atoms with van der Waals surface area (Å²) in [6, 6.07) is 3.48. The van der Waals surface area contributed by atoms with E-state index in [4.69, 9.17) is 5.11 Å². The van der Waals surface area contributed by atoms with Crippen molar-refractivity contribution in [3.63, 3.8) is 0 Å². The quantitative estimate of drug-likeness (QED) is 0.844. The molecule has 2 aromatic heterocycles. The summed E-state index contributed by atoms with van der Waals surface area (Å²) in [6.07, 6.45) is 4.35. The molecule has 0 saturated carbocycles. The van der Waals surface area contributed by atoms with E-state index < -0.39 is 11.9 Å². The van der Waals surface area contributed by atoms with Gasteiger partial charge in [0.15, 0.2) is 0 Å². The number of carboxylic acids is 1. The lowest BCUT2D eigenvalue weighted by Crippen LogP contribution is -2.43. The van der Waals surface area contributed by atoms with Crippen molar-refractivity contribution < 1.29 is 14.7 Å². The minimum atomic E-state index is -0.889. The monoisotopic (exact) mass is 356 g/mol. The second-order valence-electron chi connectivity index (χ2n) is 6.41. The number of aromatic nitrogens is 3. The van der Waals surface area contributed by atoms with Crippen molar-refractivity contribution in [1.82, 2.24) is 19.9 Å². The molecule has 3 heterocycles. The van der Waals surface area contributed by atoms with Gasteiger partial charge in [-0.25, -0.2) is 4.98 Å². The number of hydrogen-bond acceptors (Lipinski definition) is 5. The number of pyridine rings is 1. The molecule has 136 valence electrons. The summed E-state index contributed by atoms with van der Waals surface area (Å²) in [5, 5.41) is 9.15. The van der Waals surface area contributed by atoms with Gasteiger partial charge in [0, 0.05) is 42.3 Å². The fraction of sp³-hybridized carbons (Fsp3) is 0.389. The molecule has 0 aliphatic carbocycles. The molecule has 0 spiro atoms. The number of rotatable bonds is 4. The van der Waals surface area contributed by atoms with Gasteiger partial charge in [0.2, 0.25) is 5.91 Å². The van der Waals surface area contributed by atoms with Gasteiger partial charge < -0.3 is 15.0 Å². The molecule has 0 aromatic carbocycles. The molecule has 2 N–H and O–H groups in total. The number of aromatic amines is 1. The second-order valence-corrected chi connectivity index (χ2v) is 6.41. The number of H-pyrrole nitrogens is 1. The second kappa shape index (κ2) is 7.47. The molecule has 1 atom stereocenters. The zero-order chi connectivity index (χ0) is 18.7. The van der Waals surface area contributed by atoms with Crippen LogP contribution in [-0.2, 0) is 16.0 Å². The van der Waals surface area contributed by atoms with Crippen molar-refractivity contribution in [1.29, 1.82) is 0 Å². The average Bonchev–Trinajstić information content (AvgIpc) is 2.65. The van der Waals surface area contributed by atoms with Gasteiger partial charge in [-0.1, -0.05) is 0 Å². The van der Waals surface area contributed by atoms with E-state index >= 15 is 0 Å². The lowest BCUT2D eigenvalue weighted by atomic mass is 9.97. The minimum Gasteiger partial charge on any atom is -0.481 e. The zero-order valence-corrected chi connectivity index (χ0v) is 14.4. The Morgan fingerprint density at radius 3 is 2.73 bits per heavy atom. The molecule has 1 aliphatic heterocycles. The molecule has 3 rings (SSSR count). The summed E-state index contributed by atoms with van der Waals surface area (Å²) in [5.41, 5.74) is 1.17. The molecule has 1 aliphatic rings. The predicted octanol–water partition coefficient (Wildman–Crippen LogP) is 1.01. The van der Waals surface area contributed by atoms with E-state index in [1.54, 1.807) is 31.5 Å². The topological polar surface area (TPSA) is 116 Å². The van der Waals surface area contributed by atoms with Crippen LogP contribution >= 0.6 is 0 Å². The Morgan fingerprint density at radius 2 is 2.08 bits per heavy atom. The maximum absolute atomic E-state index is 12.5. The van der Waals surface area contributed by atoms with Gasteiger partial charge in [-0.2, -0.15) is 0 Å². The third-order valence-electron chi connectivity index (χ3n) is 4.63. The largest absolute Gasteiger partial charge is 0.481 e.